The molecule has 1 fully saturated rings. The first-order chi connectivity index (χ1) is 11.8. The highest BCUT2D eigenvalue weighted by atomic mass is 16.5. The second-order valence-corrected chi connectivity index (χ2v) is 6.87. The number of unbranched alkanes of at least 4 members (excludes halogenated alkanes) is 2. The second kappa shape index (κ2) is 8.67. The Kier molecular flexibility index (Phi) is 6.32. The molecule has 2 aliphatic rings. The molecule has 0 amide bonds. The van der Waals surface area contributed by atoms with Gasteiger partial charge in [0.2, 0.25) is 0 Å². The van der Waals surface area contributed by atoms with Crippen molar-refractivity contribution in [2.75, 3.05) is 38.7 Å². The molecular formula is C19H31N3O2. The standard InChI is InChI=1S/C19H31N3O2/c1-14-17(8-4-3-5-12-24-15-9-11-20-13-15)22-19-16(18(14)23-2)7-6-10-21-19/h15,20H,3-13H2,1-2H3,(H,21,22)/t15-/m1/s1. The zero-order valence-corrected chi connectivity index (χ0v) is 15.1. The largest absolute Gasteiger partial charge is 0.496 e. The van der Waals surface area contributed by atoms with Crippen LogP contribution in [0.25, 0.3) is 0 Å². The van der Waals surface area contributed by atoms with Crippen LogP contribution in [0.15, 0.2) is 0 Å². The van der Waals surface area contributed by atoms with Gasteiger partial charge in [0.1, 0.15) is 11.6 Å². The molecule has 0 saturated carbocycles. The van der Waals surface area contributed by atoms with E-state index in [1.807, 2.05) is 0 Å². The monoisotopic (exact) mass is 333 g/mol. The normalized spacial score (nSPS) is 19.8. The average molecular weight is 333 g/mol. The number of anilines is 1. The van der Waals surface area contributed by atoms with Crippen LogP contribution >= 0.6 is 0 Å². The van der Waals surface area contributed by atoms with E-state index < -0.39 is 0 Å². The molecule has 24 heavy (non-hydrogen) atoms. The zero-order valence-electron chi connectivity index (χ0n) is 15.1. The summed E-state index contributed by atoms with van der Waals surface area (Å²) in [5.74, 6) is 2.08. The molecule has 0 spiro atoms. The Bertz CT molecular complexity index is 542. The van der Waals surface area contributed by atoms with Gasteiger partial charge in [-0.2, -0.15) is 0 Å². The van der Waals surface area contributed by atoms with Gasteiger partial charge in [-0.1, -0.05) is 6.42 Å². The smallest absolute Gasteiger partial charge is 0.133 e. The minimum atomic E-state index is 0.435. The maximum atomic E-state index is 5.88. The van der Waals surface area contributed by atoms with Crippen LogP contribution in [0.3, 0.4) is 0 Å². The van der Waals surface area contributed by atoms with Crippen molar-refractivity contribution in [1.29, 1.82) is 0 Å². The van der Waals surface area contributed by atoms with Crippen molar-refractivity contribution in [3.05, 3.63) is 16.8 Å². The van der Waals surface area contributed by atoms with Crippen LogP contribution in [-0.2, 0) is 17.6 Å². The number of aromatic nitrogens is 1. The van der Waals surface area contributed by atoms with Crippen LogP contribution < -0.4 is 15.4 Å². The lowest BCUT2D eigenvalue weighted by Gasteiger charge is -2.22. The van der Waals surface area contributed by atoms with Crippen molar-refractivity contribution in [3.63, 3.8) is 0 Å². The van der Waals surface area contributed by atoms with E-state index in [1.54, 1.807) is 7.11 Å². The predicted molar refractivity (Wildman–Crippen MR) is 97.1 cm³/mol. The Labute approximate surface area is 145 Å². The van der Waals surface area contributed by atoms with E-state index in [0.717, 1.165) is 76.3 Å². The van der Waals surface area contributed by atoms with Gasteiger partial charge >= 0.3 is 0 Å². The fraction of sp³-hybridized carbons (Fsp3) is 0.737. The lowest BCUT2D eigenvalue weighted by atomic mass is 9.99. The Morgan fingerprint density at radius 3 is 2.92 bits per heavy atom. The quantitative estimate of drug-likeness (QED) is 0.717. The third kappa shape index (κ3) is 4.19. The van der Waals surface area contributed by atoms with Crippen LogP contribution in [0.2, 0.25) is 0 Å². The second-order valence-electron chi connectivity index (χ2n) is 6.87. The number of pyridine rings is 1. The minimum Gasteiger partial charge on any atom is -0.496 e. The van der Waals surface area contributed by atoms with Crippen molar-refractivity contribution in [3.8, 4) is 5.75 Å². The van der Waals surface area contributed by atoms with Gasteiger partial charge in [0.15, 0.2) is 0 Å². The number of fused-ring (bicyclic) bond motifs is 1. The summed E-state index contributed by atoms with van der Waals surface area (Å²) >= 11 is 0. The first kappa shape index (κ1) is 17.5. The summed E-state index contributed by atoms with van der Waals surface area (Å²) < 4.78 is 11.6. The summed E-state index contributed by atoms with van der Waals surface area (Å²) in [6, 6.07) is 0. The van der Waals surface area contributed by atoms with Gasteiger partial charge in [-0.05, 0) is 52.0 Å². The van der Waals surface area contributed by atoms with Gasteiger partial charge in [-0.15, -0.1) is 0 Å². The van der Waals surface area contributed by atoms with E-state index >= 15 is 0 Å². The fourth-order valence-electron chi connectivity index (χ4n) is 3.71. The van der Waals surface area contributed by atoms with E-state index in [4.69, 9.17) is 14.5 Å². The Hall–Kier alpha value is -1.33. The van der Waals surface area contributed by atoms with Crippen LogP contribution in [0.4, 0.5) is 5.82 Å². The van der Waals surface area contributed by atoms with Crippen molar-refractivity contribution in [2.45, 2.75) is 58.0 Å². The molecule has 0 unspecified atom stereocenters. The summed E-state index contributed by atoms with van der Waals surface area (Å²) in [5.41, 5.74) is 3.65. The molecule has 5 heteroatoms. The van der Waals surface area contributed by atoms with Crippen molar-refractivity contribution in [1.82, 2.24) is 10.3 Å². The predicted octanol–water partition coefficient (Wildman–Crippen LogP) is 2.85. The van der Waals surface area contributed by atoms with Gasteiger partial charge in [0, 0.05) is 36.5 Å². The molecule has 2 aliphatic heterocycles. The highest BCUT2D eigenvalue weighted by Crippen LogP contribution is 2.34. The third-order valence-corrected chi connectivity index (χ3v) is 5.11. The number of nitrogens with one attached hydrogen (secondary N) is 2. The summed E-state index contributed by atoms with van der Waals surface area (Å²) in [6.45, 7) is 6.16. The van der Waals surface area contributed by atoms with Crippen LogP contribution in [0.5, 0.6) is 5.75 Å². The molecule has 5 nitrogen and oxygen atoms in total. The van der Waals surface area contributed by atoms with E-state index in [9.17, 15) is 0 Å². The minimum absolute atomic E-state index is 0.435. The Morgan fingerprint density at radius 1 is 1.21 bits per heavy atom. The lowest BCUT2D eigenvalue weighted by Crippen LogP contribution is -2.17. The molecule has 134 valence electrons. The lowest BCUT2D eigenvalue weighted by molar-refractivity contribution is 0.0642. The molecule has 1 atom stereocenters. The summed E-state index contributed by atoms with van der Waals surface area (Å²) in [6.07, 6.45) is 8.30. The Balaban J connectivity index is 1.47. The van der Waals surface area contributed by atoms with Gasteiger partial charge in [0.25, 0.3) is 0 Å². The van der Waals surface area contributed by atoms with Gasteiger partial charge in [-0.3, -0.25) is 0 Å². The molecule has 0 aromatic carbocycles. The van der Waals surface area contributed by atoms with Crippen LogP contribution in [-0.4, -0.2) is 44.4 Å². The molecule has 3 heterocycles. The van der Waals surface area contributed by atoms with Crippen molar-refractivity contribution in [2.24, 2.45) is 0 Å². The molecule has 0 bridgehead atoms. The molecule has 2 N–H and O–H groups in total. The molecule has 3 rings (SSSR count). The van der Waals surface area contributed by atoms with Gasteiger partial charge in [0.05, 0.1) is 13.2 Å². The molecule has 0 radical (unpaired) electrons. The van der Waals surface area contributed by atoms with Crippen LogP contribution in [0, 0.1) is 6.92 Å². The molecule has 1 saturated heterocycles. The maximum Gasteiger partial charge on any atom is 0.133 e. The number of hydrogen-bond acceptors (Lipinski definition) is 5. The number of ether oxygens (including phenoxy) is 2. The fourth-order valence-corrected chi connectivity index (χ4v) is 3.71. The highest BCUT2D eigenvalue weighted by molar-refractivity contribution is 5.58. The summed E-state index contributed by atoms with van der Waals surface area (Å²) in [5, 5.41) is 6.77. The Morgan fingerprint density at radius 2 is 2.12 bits per heavy atom. The zero-order chi connectivity index (χ0) is 16.8. The number of methoxy groups -OCH3 is 1. The average Bonchev–Trinajstić information content (AvgIpc) is 3.12. The third-order valence-electron chi connectivity index (χ3n) is 5.11. The number of aryl methyl sites for hydroxylation is 1. The number of rotatable bonds is 8. The summed E-state index contributed by atoms with van der Waals surface area (Å²) in [7, 11) is 1.77. The topological polar surface area (TPSA) is 55.4 Å². The number of hydrogen-bond donors (Lipinski definition) is 2. The van der Waals surface area contributed by atoms with E-state index in [0.29, 0.717) is 6.10 Å². The highest BCUT2D eigenvalue weighted by Gasteiger charge is 2.20. The molecular weight excluding hydrogens is 302 g/mol. The van der Waals surface area contributed by atoms with Gasteiger partial charge < -0.3 is 20.1 Å². The SMILES string of the molecule is COc1c(C)c(CCCCCO[C@@H]2CCNC2)nc2c1CCCN2. The van der Waals surface area contributed by atoms with E-state index in [-0.39, 0.29) is 0 Å². The van der Waals surface area contributed by atoms with Crippen molar-refractivity contribution >= 4 is 5.82 Å². The van der Waals surface area contributed by atoms with Crippen molar-refractivity contribution < 1.29 is 9.47 Å². The van der Waals surface area contributed by atoms with Gasteiger partial charge in [-0.25, -0.2) is 4.98 Å². The van der Waals surface area contributed by atoms with E-state index in [1.165, 1.54) is 23.2 Å². The first-order valence-corrected chi connectivity index (χ1v) is 9.42. The first-order valence-electron chi connectivity index (χ1n) is 9.42. The number of nitrogens with zero attached hydrogens (tertiary/aromatic N) is 1. The molecule has 1 aromatic rings. The summed E-state index contributed by atoms with van der Waals surface area (Å²) in [4.78, 5) is 4.87. The van der Waals surface area contributed by atoms with Crippen LogP contribution in [0.1, 0.15) is 48.9 Å². The molecule has 1 aromatic heterocycles. The van der Waals surface area contributed by atoms with E-state index in [2.05, 4.69) is 17.6 Å². The molecule has 0 aliphatic carbocycles. The maximum absolute atomic E-state index is 5.88.